The lowest BCUT2D eigenvalue weighted by atomic mass is 9.77. The number of nitrogens with zero attached hydrogens (tertiary/aromatic N) is 3. The van der Waals surface area contributed by atoms with E-state index in [0.717, 1.165) is 22.6 Å². The minimum absolute atomic E-state index is 0.000867. The van der Waals surface area contributed by atoms with E-state index in [4.69, 9.17) is 10.8 Å². The smallest absolute Gasteiger partial charge is 0.274 e. The van der Waals surface area contributed by atoms with Crippen LogP contribution in [-0.4, -0.2) is 79.2 Å². The van der Waals surface area contributed by atoms with Crippen LogP contribution in [0.1, 0.15) is 29.4 Å². The molecule has 0 radical (unpaired) electrons. The molecule has 0 bridgehead atoms. The molecule has 1 amide bonds. The first kappa shape index (κ1) is 28.1. The largest absolute Gasteiger partial charge is 0.394 e. The van der Waals surface area contributed by atoms with Crippen LogP contribution in [0.5, 0.6) is 0 Å². The van der Waals surface area contributed by atoms with Gasteiger partial charge in [-0.15, -0.1) is 0 Å². The summed E-state index contributed by atoms with van der Waals surface area (Å²) in [5.74, 6) is -2.40. The quantitative estimate of drug-likeness (QED) is 0.324. The second-order valence-electron chi connectivity index (χ2n) is 9.69. The average Bonchev–Trinajstić information content (AvgIpc) is 3.34. The van der Waals surface area contributed by atoms with Gasteiger partial charge in [0.1, 0.15) is 22.1 Å². The highest BCUT2D eigenvalue weighted by Gasteiger charge is 2.66. The Bertz CT molecular complexity index is 1450. The van der Waals surface area contributed by atoms with Crippen molar-refractivity contribution in [3.05, 3.63) is 71.2 Å². The molecule has 0 unspecified atom stereocenters. The third kappa shape index (κ3) is 4.74. The Labute approximate surface area is 225 Å². The lowest BCUT2D eigenvalue weighted by Gasteiger charge is -2.52. The number of halogens is 2. The van der Waals surface area contributed by atoms with Crippen LogP contribution in [-0.2, 0) is 15.6 Å². The van der Waals surface area contributed by atoms with Gasteiger partial charge in [-0.2, -0.15) is 0 Å². The Balaban J connectivity index is 1.76. The maximum atomic E-state index is 15.5. The van der Waals surface area contributed by atoms with Crippen molar-refractivity contribution in [2.75, 3.05) is 39.0 Å². The van der Waals surface area contributed by atoms with E-state index in [1.165, 1.54) is 31.5 Å². The van der Waals surface area contributed by atoms with Crippen LogP contribution < -0.4 is 16.0 Å². The van der Waals surface area contributed by atoms with Gasteiger partial charge >= 0.3 is 0 Å². The molecule has 2 fully saturated rings. The number of sulfonamides is 1. The van der Waals surface area contributed by atoms with Crippen molar-refractivity contribution in [1.29, 1.82) is 10.8 Å². The monoisotopic (exact) mass is 560 g/mol. The average molecular weight is 561 g/mol. The molecule has 5 N–H and O–H groups in total. The highest BCUT2D eigenvalue weighted by molar-refractivity contribution is 7.91. The van der Waals surface area contributed by atoms with Crippen LogP contribution in [0.15, 0.2) is 48.3 Å². The van der Waals surface area contributed by atoms with E-state index in [2.05, 4.69) is 20.9 Å². The van der Waals surface area contributed by atoms with Crippen LogP contribution in [0, 0.1) is 22.5 Å². The highest BCUT2D eigenvalue weighted by atomic mass is 32.2. The number of nitrogens with one attached hydrogen (secondary N) is 5. The summed E-state index contributed by atoms with van der Waals surface area (Å²) >= 11 is 0. The number of hydrogen-bond donors (Lipinski definition) is 5. The zero-order valence-corrected chi connectivity index (χ0v) is 22.5. The molecular formula is C25H30F2N8O3S. The van der Waals surface area contributed by atoms with Gasteiger partial charge in [0.05, 0.1) is 11.7 Å². The number of carbonyl (C=O) groups excluding carboxylic acids is 1. The summed E-state index contributed by atoms with van der Waals surface area (Å²) < 4.78 is 55.9. The zero-order chi connectivity index (χ0) is 28.6. The summed E-state index contributed by atoms with van der Waals surface area (Å²) in [7, 11) is -1.20. The van der Waals surface area contributed by atoms with E-state index in [9.17, 15) is 17.6 Å². The van der Waals surface area contributed by atoms with Gasteiger partial charge in [0.25, 0.3) is 5.91 Å². The number of hydrogen-bond acceptors (Lipinski definition) is 8. The molecule has 2 aliphatic heterocycles. The summed E-state index contributed by atoms with van der Waals surface area (Å²) in [6.07, 6.45) is 3.85. The van der Waals surface area contributed by atoms with Gasteiger partial charge < -0.3 is 21.4 Å². The van der Waals surface area contributed by atoms with Gasteiger partial charge in [-0.25, -0.2) is 26.5 Å². The van der Waals surface area contributed by atoms with Crippen LogP contribution in [0.3, 0.4) is 0 Å². The summed E-state index contributed by atoms with van der Waals surface area (Å²) in [6.45, 7) is 2.19. The number of rotatable bonds is 7. The summed E-state index contributed by atoms with van der Waals surface area (Å²) in [6, 6.07) is 6.07. The van der Waals surface area contributed by atoms with E-state index in [1.807, 2.05) is 4.90 Å². The fraction of sp³-hybridized carbons (Fsp3) is 0.360. The number of amides is 1. The van der Waals surface area contributed by atoms with Gasteiger partial charge in [-0.3, -0.25) is 15.1 Å². The molecular weight excluding hydrogens is 530 g/mol. The normalized spacial score (nSPS) is 24.9. The third-order valence-corrected chi connectivity index (χ3v) is 10.0. The van der Waals surface area contributed by atoms with Crippen molar-refractivity contribution in [2.45, 2.75) is 23.6 Å². The minimum atomic E-state index is -4.18. The first-order chi connectivity index (χ1) is 18.4. The molecule has 1 aromatic carbocycles. The molecule has 11 nitrogen and oxygen atoms in total. The Kier molecular flexibility index (Phi) is 7.45. The maximum absolute atomic E-state index is 15.5. The van der Waals surface area contributed by atoms with Gasteiger partial charge in [0, 0.05) is 57.4 Å². The van der Waals surface area contributed by atoms with Gasteiger partial charge in [-0.1, -0.05) is 0 Å². The molecule has 2 atom stereocenters. The van der Waals surface area contributed by atoms with Crippen LogP contribution >= 0.6 is 0 Å². The van der Waals surface area contributed by atoms with Crippen molar-refractivity contribution >= 4 is 33.8 Å². The van der Waals surface area contributed by atoms with Crippen LogP contribution in [0.25, 0.3) is 0 Å². The van der Waals surface area contributed by atoms with E-state index >= 15 is 4.39 Å². The van der Waals surface area contributed by atoms with Gasteiger partial charge in [0.2, 0.25) is 16.0 Å². The van der Waals surface area contributed by atoms with Crippen molar-refractivity contribution < 1.29 is 22.0 Å². The predicted molar refractivity (Wildman–Crippen MR) is 143 cm³/mol. The number of guanidine groups is 1. The molecule has 14 heteroatoms. The highest BCUT2D eigenvalue weighted by Crippen LogP contribution is 2.49. The summed E-state index contributed by atoms with van der Waals surface area (Å²) in [5, 5.41) is 24.4. The zero-order valence-electron chi connectivity index (χ0n) is 21.7. The second-order valence-corrected chi connectivity index (χ2v) is 12.0. The van der Waals surface area contributed by atoms with Gasteiger partial charge in [0.15, 0.2) is 0 Å². The standard InChI is InChI=1S/C25H30F2N8O3S/c1-24(19-10-18(5-6-20(19)27)32-22(36)21-7-4-17(26)13-31-21)25(39(37,38)34(3)23(29)33-24)8-9-35(15-25)14-16(11-28)12-30-2/h4-7,10-13,28,30H,8-9,14-15H2,1-3H3,(H2,29,33)(H,32,36)/b16-12+,28-11?/t24-,25-/m1/s1. The van der Waals surface area contributed by atoms with E-state index < -0.39 is 43.8 Å². The summed E-state index contributed by atoms with van der Waals surface area (Å²) in [4.78, 5) is 18.3. The molecule has 4 rings (SSSR count). The van der Waals surface area contributed by atoms with Crippen molar-refractivity contribution in [3.8, 4) is 0 Å². The van der Waals surface area contributed by atoms with Gasteiger partial charge in [-0.05, 0) is 49.2 Å². The number of carbonyl (C=O) groups is 1. The predicted octanol–water partition coefficient (Wildman–Crippen LogP) is 1.82. The molecule has 39 heavy (non-hydrogen) atoms. The number of aromatic nitrogens is 1. The minimum Gasteiger partial charge on any atom is -0.394 e. The SMILES string of the molecule is CN/C=C(\C=N)CN1CC[C@@]2(C1)[C@@](C)(c1cc(NC(=O)c3ccc(F)cn3)ccc1F)NC(=N)N(C)S2(=O)=O. The lowest BCUT2D eigenvalue weighted by Crippen LogP contribution is -2.74. The molecule has 3 heterocycles. The molecule has 1 aromatic heterocycles. The molecule has 0 aliphatic carbocycles. The van der Waals surface area contributed by atoms with Crippen LogP contribution in [0.2, 0.25) is 0 Å². The summed E-state index contributed by atoms with van der Waals surface area (Å²) in [5.41, 5.74) is -0.922. The number of benzene rings is 1. The Morgan fingerprint density at radius 1 is 1.28 bits per heavy atom. The Morgan fingerprint density at radius 2 is 2.03 bits per heavy atom. The molecule has 1 spiro atoms. The molecule has 2 saturated heterocycles. The first-order valence-electron chi connectivity index (χ1n) is 12.1. The van der Waals surface area contributed by atoms with Crippen LogP contribution in [0.4, 0.5) is 14.5 Å². The molecule has 208 valence electrons. The number of anilines is 1. The fourth-order valence-electron chi connectivity index (χ4n) is 5.26. The molecule has 2 aliphatic rings. The van der Waals surface area contributed by atoms with E-state index in [1.54, 1.807) is 20.2 Å². The Hall–Kier alpha value is -3.91. The van der Waals surface area contributed by atoms with Crippen molar-refractivity contribution in [1.82, 2.24) is 24.8 Å². The van der Waals surface area contributed by atoms with E-state index in [0.29, 0.717) is 18.7 Å². The number of pyridine rings is 1. The first-order valence-corrected chi connectivity index (χ1v) is 13.5. The third-order valence-electron chi connectivity index (χ3n) is 7.40. The topological polar surface area (TPSA) is 154 Å². The Morgan fingerprint density at radius 3 is 2.67 bits per heavy atom. The molecule has 0 saturated carbocycles. The maximum Gasteiger partial charge on any atom is 0.274 e. The van der Waals surface area contributed by atoms with Crippen molar-refractivity contribution in [3.63, 3.8) is 0 Å². The lowest BCUT2D eigenvalue weighted by molar-refractivity contribution is 0.102. The fourth-order valence-corrected chi connectivity index (χ4v) is 7.44. The number of likely N-dealkylation sites (tertiary alicyclic amines) is 1. The van der Waals surface area contributed by atoms with Crippen molar-refractivity contribution in [2.24, 2.45) is 0 Å². The second kappa shape index (κ2) is 10.3. The van der Waals surface area contributed by atoms with E-state index in [-0.39, 0.29) is 29.9 Å². The molecule has 2 aromatic rings.